The van der Waals surface area contributed by atoms with Gasteiger partial charge in [-0.1, -0.05) is 0 Å². The van der Waals surface area contributed by atoms with E-state index in [9.17, 15) is 35.9 Å². The van der Waals surface area contributed by atoms with Gasteiger partial charge in [-0.3, -0.25) is 9.59 Å². The third-order valence-electron chi connectivity index (χ3n) is 4.58. The summed E-state index contributed by atoms with van der Waals surface area (Å²) in [5.41, 5.74) is 4.40. The summed E-state index contributed by atoms with van der Waals surface area (Å²) in [7, 11) is 0. The van der Waals surface area contributed by atoms with Crippen LogP contribution in [0.25, 0.3) is 5.69 Å². The van der Waals surface area contributed by atoms with E-state index < -0.39 is 41.1 Å². The highest BCUT2D eigenvalue weighted by Crippen LogP contribution is 2.29. The van der Waals surface area contributed by atoms with Crippen molar-refractivity contribution in [3.8, 4) is 5.69 Å². The average Bonchev–Trinajstić information content (AvgIpc) is 3.16. The number of aliphatic carboxylic acids is 1. The minimum atomic E-state index is -5.08. The number of carbonyl (C=O) groups excluding carboxylic acids is 2. The molecule has 1 saturated heterocycles. The van der Waals surface area contributed by atoms with E-state index >= 15 is 0 Å². The number of benzene rings is 1. The molecule has 0 atom stereocenters. The molecule has 33 heavy (non-hydrogen) atoms. The molecule has 2 aromatic rings. The van der Waals surface area contributed by atoms with Crippen LogP contribution in [0.4, 0.5) is 26.3 Å². The molecule has 0 spiro atoms. The van der Waals surface area contributed by atoms with E-state index in [1.165, 1.54) is 29.2 Å². The van der Waals surface area contributed by atoms with Crippen LogP contribution in [0.5, 0.6) is 0 Å². The fraction of sp³-hybridized carbons (Fsp3) is 0.333. The Morgan fingerprint density at radius 3 is 2.06 bits per heavy atom. The lowest BCUT2D eigenvalue weighted by atomic mass is 9.81. The normalized spacial score (nSPS) is 15.0. The summed E-state index contributed by atoms with van der Waals surface area (Å²) < 4.78 is 70.8. The van der Waals surface area contributed by atoms with Crippen LogP contribution in [0.3, 0.4) is 0 Å². The molecule has 1 aliphatic rings. The van der Waals surface area contributed by atoms with Gasteiger partial charge in [0.1, 0.15) is 0 Å². The number of halogens is 6. The molecule has 9 nitrogen and oxygen atoms in total. The maximum absolute atomic E-state index is 12.6. The van der Waals surface area contributed by atoms with Crippen molar-refractivity contribution < 1.29 is 45.8 Å². The SMILES string of the molecule is NC(=O)C1(CNC(=O)c2cnn(-c3ccc(C(F)(F)F)cc3)c2)CNC1.O=C(O)C(F)(F)F. The number of nitrogens with one attached hydrogen (secondary N) is 2. The molecular weight excluding hydrogens is 464 g/mol. The third-order valence-corrected chi connectivity index (χ3v) is 4.58. The van der Waals surface area contributed by atoms with Crippen molar-refractivity contribution >= 4 is 17.8 Å². The monoisotopic (exact) mass is 481 g/mol. The zero-order valence-corrected chi connectivity index (χ0v) is 16.5. The van der Waals surface area contributed by atoms with Crippen molar-refractivity contribution in [2.24, 2.45) is 11.1 Å². The van der Waals surface area contributed by atoms with E-state index in [4.69, 9.17) is 15.6 Å². The van der Waals surface area contributed by atoms with Crippen molar-refractivity contribution in [3.63, 3.8) is 0 Å². The molecular formula is C18H17F6N5O4. The number of rotatable bonds is 5. The molecule has 0 radical (unpaired) electrons. The van der Waals surface area contributed by atoms with E-state index in [1.54, 1.807) is 0 Å². The van der Waals surface area contributed by atoms with Crippen molar-refractivity contribution in [3.05, 3.63) is 47.8 Å². The van der Waals surface area contributed by atoms with Crippen LogP contribution in [-0.2, 0) is 15.8 Å². The number of hydrogen-bond acceptors (Lipinski definition) is 5. The van der Waals surface area contributed by atoms with E-state index in [2.05, 4.69) is 15.7 Å². The lowest BCUT2D eigenvalue weighted by Gasteiger charge is -2.39. The summed E-state index contributed by atoms with van der Waals surface area (Å²) in [6.45, 7) is 0.889. The molecule has 15 heteroatoms. The van der Waals surface area contributed by atoms with Gasteiger partial charge in [0.15, 0.2) is 0 Å². The number of hydrogen-bond donors (Lipinski definition) is 4. The summed E-state index contributed by atoms with van der Waals surface area (Å²) in [4.78, 5) is 32.6. The Bertz CT molecular complexity index is 1010. The molecule has 0 aliphatic carbocycles. The zero-order chi connectivity index (χ0) is 25.0. The zero-order valence-electron chi connectivity index (χ0n) is 16.5. The van der Waals surface area contributed by atoms with Crippen LogP contribution in [0.2, 0.25) is 0 Å². The summed E-state index contributed by atoms with van der Waals surface area (Å²) in [5, 5.41) is 16.7. The average molecular weight is 481 g/mol. The molecule has 3 rings (SSSR count). The number of carboxylic acids is 1. The van der Waals surface area contributed by atoms with Crippen molar-refractivity contribution in [2.45, 2.75) is 12.4 Å². The topological polar surface area (TPSA) is 139 Å². The van der Waals surface area contributed by atoms with Gasteiger partial charge in [0, 0.05) is 25.8 Å². The van der Waals surface area contributed by atoms with Gasteiger partial charge in [-0.25, -0.2) is 9.48 Å². The van der Waals surface area contributed by atoms with E-state index in [-0.39, 0.29) is 12.1 Å². The Morgan fingerprint density at radius 1 is 1.12 bits per heavy atom. The Morgan fingerprint density at radius 2 is 1.67 bits per heavy atom. The van der Waals surface area contributed by atoms with Crippen LogP contribution in [0, 0.1) is 5.41 Å². The van der Waals surface area contributed by atoms with Gasteiger partial charge in [-0.2, -0.15) is 31.4 Å². The molecule has 5 N–H and O–H groups in total. The maximum Gasteiger partial charge on any atom is 0.490 e. The number of alkyl halides is 6. The predicted octanol–water partition coefficient (Wildman–Crippen LogP) is 1.33. The molecule has 2 amide bonds. The highest BCUT2D eigenvalue weighted by Gasteiger charge is 2.43. The fourth-order valence-corrected chi connectivity index (χ4v) is 2.55. The first kappa shape index (κ1) is 25.6. The summed E-state index contributed by atoms with van der Waals surface area (Å²) in [6.07, 6.45) is -6.81. The Labute approximate surface area is 181 Å². The predicted molar refractivity (Wildman–Crippen MR) is 99.1 cm³/mol. The van der Waals surface area contributed by atoms with Crippen molar-refractivity contribution in [1.82, 2.24) is 20.4 Å². The lowest BCUT2D eigenvalue weighted by molar-refractivity contribution is -0.192. The second-order valence-electron chi connectivity index (χ2n) is 6.95. The molecule has 1 aromatic carbocycles. The molecule has 0 unspecified atom stereocenters. The van der Waals surface area contributed by atoms with Gasteiger partial charge in [-0.05, 0) is 24.3 Å². The fourth-order valence-electron chi connectivity index (χ4n) is 2.55. The summed E-state index contributed by atoms with van der Waals surface area (Å²) in [5.74, 6) is -3.69. The second kappa shape index (κ2) is 9.48. The Hall–Kier alpha value is -3.62. The molecule has 2 heterocycles. The van der Waals surface area contributed by atoms with Gasteiger partial charge in [0.25, 0.3) is 5.91 Å². The number of carboxylic acid groups (broad SMARTS) is 1. The first-order chi connectivity index (χ1) is 15.2. The smallest absolute Gasteiger partial charge is 0.475 e. The van der Waals surface area contributed by atoms with Gasteiger partial charge >= 0.3 is 18.3 Å². The standard InChI is InChI=1S/C16H16F3N5O2.C2HF3O2/c17-16(18,19)11-1-3-12(4-2-11)24-6-10(5-23-24)13(25)22-9-15(14(20)26)7-21-8-15;3-2(4,5)1(6)7/h1-6,21H,7-9H2,(H2,20,26)(H,22,25);(H,6,7). The Balaban J connectivity index is 0.000000479. The Kier molecular flexibility index (Phi) is 7.36. The third kappa shape index (κ3) is 6.44. The largest absolute Gasteiger partial charge is 0.490 e. The van der Waals surface area contributed by atoms with Gasteiger partial charge < -0.3 is 21.5 Å². The number of primary amides is 1. The van der Waals surface area contributed by atoms with Crippen LogP contribution >= 0.6 is 0 Å². The first-order valence-electron chi connectivity index (χ1n) is 8.97. The molecule has 1 fully saturated rings. The molecule has 1 aliphatic heterocycles. The van der Waals surface area contributed by atoms with Crippen LogP contribution < -0.4 is 16.4 Å². The minimum absolute atomic E-state index is 0.0969. The van der Waals surface area contributed by atoms with Gasteiger partial charge in [0.05, 0.1) is 28.4 Å². The van der Waals surface area contributed by atoms with Crippen LogP contribution in [-0.4, -0.2) is 58.5 Å². The first-order valence-corrected chi connectivity index (χ1v) is 8.97. The molecule has 0 bridgehead atoms. The second-order valence-corrected chi connectivity index (χ2v) is 6.95. The van der Waals surface area contributed by atoms with E-state index in [0.29, 0.717) is 18.8 Å². The molecule has 0 saturated carbocycles. The number of carbonyl (C=O) groups is 3. The minimum Gasteiger partial charge on any atom is -0.475 e. The van der Waals surface area contributed by atoms with E-state index in [0.717, 1.165) is 12.1 Å². The highest BCUT2D eigenvalue weighted by atomic mass is 19.4. The maximum atomic E-state index is 12.6. The quantitative estimate of drug-likeness (QED) is 0.476. The van der Waals surface area contributed by atoms with Gasteiger partial charge in [-0.15, -0.1) is 0 Å². The van der Waals surface area contributed by atoms with E-state index in [1.807, 2.05) is 0 Å². The summed E-state index contributed by atoms with van der Waals surface area (Å²) >= 11 is 0. The molecule has 1 aromatic heterocycles. The van der Waals surface area contributed by atoms with Gasteiger partial charge in [0.2, 0.25) is 5.91 Å². The highest BCUT2D eigenvalue weighted by molar-refractivity contribution is 5.94. The lowest BCUT2D eigenvalue weighted by Crippen LogP contribution is -2.65. The van der Waals surface area contributed by atoms with Crippen molar-refractivity contribution in [2.75, 3.05) is 19.6 Å². The van der Waals surface area contributed by atoms with Crippen LogP contribution in [0.15, 0.2) is 36.7 Å². The number of nitrogens with two attached hydrogens (primary N) is 1. The number of nitrogens with zero attached hydrogens (tertiary/aromatic N) is 2. The molecule has 180 valence electrons. The summed E-state index contributed by atoms with van der Waals surface area (Å²) in [6, 6.07) is 4.41. The number of aromatic nitrogens is 2. The number of amides is 2. The van der Waals surface area contributed by atoms with Crippen LogP contribution in [0.1, 0.15) is 15.9 Å². The van der Waals surface area contributed by atoms with Crippen molar-refractivity contribution in [1.29, 1.82) is 0 Å².